The molecule has 0 bridgehead atoms. The molecule has 0 heterocycles. The molecule has 0 aromatic heterocycles. The summed E-state index contributed by atoms with van der Waals surface area (Å²) in [6, 6.07) is 10.6. The average molecular weight is 373 g/mol. The van der Waals surface area contributed by atoms with Crippen LogP contribution >= 0.6 is 0 Å². The van der Waals surface area contributed by atoms with Crippen molar-refractivity contribution in [2.45, 2.75) is 20.8 Å². The van der Waals surface area contributed by atoms with Gasteiger partial charge in [0.1, 0.15) is 5.82 Å². The minimum Gasteiger partial charge on any atom is -0.479 e. The first-order chi connectivity index (χ1) is 12.9. The standard InChI is InChI=1S/C17H14FN3O4.C2H6/c1-10-2-5-14(13(18)6-10)20-15-7-11(8-19)3-4-12(15)17(24)21-25-9-16(22)23;1-2/h2-7,20H,9H2,1H3,(H,21,24)(H,22,23);1-2H3. The summed E-state index contributed by atoms with van der Waals surface area (Å²) in [6.07, 6.45) is 0. The van der Waals surface area contributed by atoms with Crippen LogP contribution in [0.4, 0.5) is 15.8 Å². The first-order valence-corrected chi connectivity index (χ1v) is 8.12. The molecular weight excluding hydrogens is 353 g/mol. The largest absolute Gasteiger partial charge is 0.479 e. The maximum atomic E-state index is 14.0. The molecule has 0 saturated carbocycles. The van der Waals surface area contributed by atoms with Crippen molar-refractivity contribution in [3.63, 3.8) is 0 Å². The van der Waals surface area contributed by atoms with Crippen LogP contribution in [0.25, 0.3) is 0 Å². The molecule has 0 radical (unpaired) electrons. The second kappa shape index (κ2) is 10.5. The fraction of sp³-hybridized carbons (Fsp3) is 0.211. The van der Waals surface area contributed by atoms with Crippen molar-refractivity contribution < 1.29 is 23.9 Å². The number of benzene rings is 2. The van der Waals surface area contributed by atoms with Crippen LogP contribution in [0.5, 0.6) is 0 Å². The smallest absolute Gasteiger partial charge is 0.332 e. The minimum absolute atomic E-state index is 0.0596. The van der Waals surface area contributed by atoms with Crippen molar-refractivity contribution in [2.24, 2.45) is 0 Å². The lowest BCUT2D eigenvalue weighted by atomic mass is 10.1. The van der Waals surface area contributed by atoms with Crippen LogP contribution in [0.1, 0.15) is 35.3 Å². The van der Waals surface area contributed by atoms with E-state index in [-0.39, 0.29) is 22.5 Å². The Bertz CT molecular complexity index is 863. The Labute approximate surface area is 156 Å². The average Bonchev–Trinajstić information content (AvgIpc) is 2.65. The summed E-state index contributed by atoms with van der Waals surface area (Å²) in [6.45, 7) is 5.03. The highest BCUT2D eigenvalue weighted by molar-refractivity contribution is 6.00. The fourth-order valence-electron chi connectivity index (χ4n) is 2.00. The molecule has 27 heavy (non-hydrogen) atoms. The summed E-state index contributed by atoms with van der Waals surface area (Å²) in [5, 5.41) is 20.3. The van der Waals surface area contributed by atoms with E-state index >= 15 is 0 Å². The molecule has 0 spiro atoms. The van der Waals surface area contributed by atoms with Gasteiger partial charge in [0.15, 0.2) is 6.61 Å². The highest BCUT2D eigenvalue weighted by atomic mass is 19.1. The third kappa shape index (κ3) is 6.41. The number of hydrogen-bond donors (Lipinski definition) is 3. The maximum absolute atomic E-state index is 14.0. The molecule has 0 aliphatic carbocycles. The van der Waals surface area contributed by atoms with Crippen molar-refractivity contribution in [1.29, 1.82) is 5.26 Å². The summed E-state index contributed by atoms with van der Waals surface area (Å²) in [4.78, 5) is 27.1. The third-order valence-electron chi connectivity index (χ3n) is 3.15. The Morgan fingerprint density at radius 2 is 1.89 bits per heavy atom. The molecule has 0 atom stereocenters. The Kier molecular flexibility index (Phi) is 8.42. The minimum atomic E-state index is -1.25. The third-order valence-corrected chi connectivity index (χ3v) is 3.15. The van der Waals surface area contributed by atoms with E-state index < -0.39 is 24.3 Å². The second-order valence-electron chi connectivity index (χ2n) is 5.09. The first kappa shape index (κ1) is 21.6. The predicted molar refractivity (Wildman–Crippen MR) is 98.0 cm³/mol. The molecule has 3 N–H and O–H groups in total. The molecule has 7 nitrogen and oxygen atoms in total. The zero-order valence-corrected chi connectivity index (χ0v) is 15.2. The molecule has 142 valence electrons. The Morgan fingerprint density at radius 3 is 2.48 bits per heavy atom. The molecule has 2 aromatic rings. The van der Waals surface area contributed by atoms with E-state index in [2.05, 4.69) is 10.2 Å². The molecule has 0 saturated heterocycles. The lowest BCUT2D eigenvalue weighted by Gasteiger charge is -2.13. The Balaban J connectivity index is 0.00000176. The van der Waals surface area contributed by atoms with Crippen LogP contribution in [0.2, 0.25) is 0 Å². The van der Waals surface area contributed by atoms with Crippen LogP contribution in [-0.4, -0.2) is 23.6 Å². The number of carboxylic acid groups (broad SMARTS) is 1. The van der Waals surface area contributed by atoms with E-state index in [9.17, 15) is 14.0 Å². The lowest BCUT2D eigenvalue weighted by molar-refractivity contribution is -0.144. The number of amides is 1. The number of rotatable bonds is 6. The van der Waals surface area contributed by atoms with E-state index in [0.29, 0.717) is 0 Å². The normalized spacial score (nSPS) is 9.44. The van der Waals surface area contributed by atoms with E-state index in [0.717, 1.165) is 5.56 Å². The summed E-state index contributed by atoms with van der Waals surface area (Å²) in [5.74, 6) is -2.50. The Morgan fingerprint density at radius 1 is 1.19 bits per heavy atom. The molecule has 1 amide bonds. The number of nitrogens with zero attached hydrogens (tertiary/aromatic N) is 1. The quantitative estimate of drug-likeness (QED) is 0.668. The van der Waals surface area contributed by atoms with Gasteiger partial charge >= 0.3 is 5.97 Å². The van der Waals surface area contributed by atoms with Gasteiger partial charge in [-0.3, -0.25) is 9.63 Å². The topological polar surface area (TPSA) is 111 Å². The number of nitrogens with one attached hydrogen (secondary N) is 2. The van der Waals surface area contributed by atoms with Gasteiger partial charge in [-0.2, -0.15) is 5.26 Å². The molecule has 8 heteroatoms. The van der Waals surface area contributed by atoms with Gasteiger partial charge in [0, 0.05) is 0 Å². The van der Waals surface area contributed by atoms with Crippen molar-refractivity contribution >= 4 is 23.3 Å². The zero-order chi connectivity index (χ0) is 20.4. The van der Waals surface area contributed by atoms with Crippen molar-refractivity contribution in [3.8, 4) is 6.07 Å². The van der Waals surface area contributed by atoms with Crippen molar-refractivity contribution in [2.75, 3.05) is 11.9 Å². The van der Waals surface area contributed by atoms with Gasteiger partial charge in [0.2, 0.25) is 0 Å². The van der Waals surface area contributed by atoms with Gasteiger partial charge in [0.05, 0.1) is 28.6 Å². The number of anilines is 2. The van der Waals surface area contributed by atoms with Gasteiger partial charge in [-0.05, 0) is 42.8 Å². The highest BCUT2D eigenvalue weighted by Crippen LogP contribution is 2.25. The highest BCUT2D eigenvalue weighted by Gasteiger charge is 2.15. The number of halogens is 1. The lowest BCUT2D eigenvalue weighted by Crippen LogP contribution is -2.27. The van der Waals surface area contributed by atoms with Crippen LogP contribution < -0.4 is 10.8 Å². The number of carbonyl (C=O) groups excluding carboxylic acids is 1. The van der Waals surface area contributed by atoms with Gasteiger partial charge in [-0.25, -0.2) is 14.7 Å². The van der Waals surface area contributed by atoms with Gasteiger partial charge in [0.25, 0.3) is 5.91 Å². The number of hydroxylamine groups is 1. The summed E-state index contributed by atoms with van der Waals surface area (Å²) >= 11 is 0. The molecule has 0 fully saturated rings. The summed E-state index contributed by atoms with van der Waals surface area (Å²) in [7, 11) is 0. The number of nitriles is 1. The van der Waals surface area contributed by atoms with Crippen LogP contribution in [0.15, 0.2) is 36.4 Å². The summed E-state index contributed by atoms with van der Waals surface area (Å²) < 4.78 is 14.0. The van der Waals surface area contributed by atoms with Crippen molar-refractivity contribution in [1.82, 2.24) is 5.48 Å². The predicted octanol–water partition coefficient (Wildman–Crippen LogP) is 3.52. The van der Waals surface area contributed by atoms with E-state index in [1.54, 1.807) is 13.0 Å². The first-order valence-electron chi connectivity index (χ1n) is 8.12. The summed E-state index contributed by atoms with van der Waals surface area (Å²) in [5.41, 5.74) is 3.34. The molecule has 0 unspecified atom stereocenters. The maximum Gasteiger partial charge on any atom is 0.332 e. The monoisotopic (exact) mass is 373 g/mol. The second-order valence-corrected chi connectivity index (χ2v) is 5.09. The molecule has 0 aliphatic rings. The van der Waals surface area contributed by atoms with E-state index in [4.69, 9.17) is 10.4 Å². The number of carbonyl (C=O) groups is 2. The van der Waals surface area contributed by atoms with Crippen LogP contribution in [-0.2, 0) is 9.63 Å². The molecule has 2 aromatic carbocycles. The Hall–Kier alpha value is -3.44. The van der Waals surface area contributed by atoms with Crippen molar-refractivity contribution in [3.05, 3.63) is 58.9 Å². The number of aryl methyl sites for hydroxylation is 1. The molecular formula is C19H20FN3O4. The van der Waals surface area contributed by atoms with E-state index in [1.807, 2.05) is 25.4 Å². The SMILES string of the molecule is CC.Cc1ccc(Nc2cc(C#N)ccc2C(=O)NOCC(=O)O)c(F)c1. The number of carboxylic acids is 1. The van der Waals surface area contributed by atoms with Gasteiger partial charge in [-0.1, -0.05) is 19.9 Å². The molecule has 2 rings (SSSR count). The molecule has 0 aliphatic heterocycles. The van der Waals surface area contributed by atoms with Crippen LogP contribution in [0, 0.1) is 24.1 Å². The van der Waals surface area contributed by atoms with E-state index in [1.165, 1.54) is 30.3 Å². The van der Waals surface area contributed by atoms with Gasteiger partial charge < -0.3 is 10.4 Å². The number of hydrogen-bond acceptors (Lipinski definition) is 5. The van der Waals surface area contributed by atoms with Crippen LogP contribution in [0.3, 0.4) is 0 Å². The van der Waals surface area contributed by atoms with Gasteiger partial charge in [-0.15, -0.1) is 0 Å². The fourth-order valence-corrected chi connectivity index (χ4v) is 2.00. The zero-order valence-electron chi connectivity index (χ0n) is 15.2. The number of aliphatic carboxylic acids is 1.